The van der Waals surface area contributed by atoms with E-state index in [0.717, 1.165) is 35.6 Å². The molecule has 0 saturated heterocycles. The van der Waals surface area contributed by atoms with Crippen LogP contribution >= 0.6 is 0 Å². The molecule has 7 heteroatoms. The molecular weight excluding hydrogens is 304 g/mol. The summed E-state index contributed by atoms with van der Waals surface area (Å²) in [6.07, 6.45) is 4.58. The van der Waals surface area contributed by atoms with E-state index < -0.39 is 0 Å². The van der Waals surface area contributed by atoms with Crippen LogP contribution in [0.5, 0.6) is 0 Å². The normalized spacial score (nSPS) is 12.5. The molecule has 0 radical (unpaired) electrons. The molecule has 2 N–H and O–H groups in total. The van der Waals surface area contributed by atoms with E-state index in [2.05, 4.69) is 34.7 Å². The number of carbonyl (C=O) groups excluding carboxylic acids is 1. The summed E-state index contributed by atoms with van der Waals surface area (Å²) in [5.74, 6) is 0. The van der Waals surface area contributed by atoms with Crippen LogP contribution in [0.1, 0.15) is 63.2 Å². The fourth-order valence-corrected chi connectivity index (χ4v) is 2.81. The van der Waals surface area contributed by atoms with E-state index in [4.69, 9.17) is 0 Å². The van der Waals surface area contributed by atoms with Gasteiger partial charge in [0, 0.05) is 24.3 Å². The van der Waals surface area contributed by atoms with Gasteiger partial charge in [-0.3, -0.25) is 9.36 Å². The topological polar surface area (TPSA) is 76.8 Å². The highest BCUT2D eigenvalue weighted by Crippen LogP contribution is 2.23. The Morgan fingerprint density at radius 3 is 2.50 bits per heavy atom. The summed E-state index contributed by atoms with van der Waals surface area (Å²) >= 11 is 0. The zero-order valence-electron chi connectivity index (χ0n) is 15.4. The minimum absolute atomic E-state index is 0.0638. The van der Waals surface area contributed by atoms with Crippen molar-refractivity contribution < 1.29 is 4.79 Å². The quantitative estimate of drug-likeness (QED) is 0.849. The lowest BCUT2D eigenvalue weighted by Gasteiger charge is -2.16. The minimum Gasteiger partial charge on any atom is -0.331 e. The van der Waals surface area contributed by atoms with Gasteiger partial charge in [-0.25, -0.2) is 4.79 Å². The van der Waals surface area contributed by atoms with Crippen molar-refractivity contribution >= 4 is 11.7 Å². The third-order valence-corrected chi connectivity index (χ3v) is 4.15. The van der Waals surface area contributed by atoms with E-state index in [-0.39, 0.29) is 18.1 Å². The molecule has 2 amide bonds. The second-order valence-corrected chi connectivity index (χ2v) is 6.27. The van der Waals surface area contributed by atoms with Crippen LogP contribution in [0.25, 0.3) is 0 Å². The Bertz CT molecular complexity index is 700. The van der Waals surface area contributed by atoms with E-state index in [1.54, 1.807) is 0 Å². The third-order valence-electron chi connectivity index (χ3n) is 4.15. The fraction of sp³-hybridized carbons (Fsp3) is 0.588. The van der Waals surface area contributed by atoms with Gasteiger partial charge in [-0.05, 0) is 41.0 Å². The molecule has 0 spiro atoms. The molecule has 2 aromatic rings. The van der Waals surface area contributed by atoms with Crippen molar-refractivity contribution in [2.75, 3.05) is 5.32 Å². The van der Waals surface area contributed by atoms with Crippen LogP contribution in [0, 0.1) is 13.8 Å². The number of aromatic nitrogens is 4. The Labute approximate surface area is 143 Å². The zero-order chi connectivity index (χ0) is 17.9. The largest absolute Gasteiger partial charge is 0.331 e. The van der Waals surface area contributed by atoms with Crippen molar-refractivity contribution in [3.8, 4) is 0 Å². The molecule has 7 nitrogen and oxygen atoms in total. The molecule has 0 aliphatic rings. The third kappa shape index (κ3) is 3.77. The zero-order valence-corrected chi connectivity index (χ0v) is 15.4. The monoisotopic (exact) mass is 332 g/mol. The Morgan fingerprint density at radius 1 is 1.29 bits per heavy atom. The van der Waals surface area contributed by atoms with Crippen molar-refractivity contribution in [3.63, 3.8) is 0 Å². The standard InChI is InChI=1S/C17H28N6O/c1-7-15(14-9-18-22(8-2)10-14)19-17(24)20-16-12(5)21-23(11(3)4)13(16)6/h9-11,15H,7-8H2,1-6H3,(H2,19,20,24)/t15-/m0/s1. The van der Waals surface area contributed by atoms with Crippen molar-refractivity contribution in [1.82, 2.24) is 24.9 Å². The predicted molar refractivity (Wildman–Crippen MR) is 95.2 cm³/mol. The Morgan fingerprint density at radius 2 is 2.00 bits per heavy atom. The molecule has 0 aliphatic carbocycles. The SMILES string of the molecule is CC[C@H](NC(=O)Nc1c(C)nn(C(C)C)c1C)c1cnn(CC)c1. The summed E-state index contributed by atoms with van der Waals surface area (Å²) in [5, 5.41) is 14.7. The second-order valence-electron chi connectivity index (χ2n) is 6.27. The molecule has 2 rings (SSSR count). The average molecular weight is 332 g/mol. The highest BCUT2D eigenvalue weighted by atomic mass is 16.2. The maximum Gasteiger partial charge on any atom is 0.319 e. The number of nitrogens with one attached hydrogen (secondary N) is 2. The average Bonchev–Trinajstić information content (AvgIpc) is 3.12. The van der Waals surface area contributed by atoms with Crippen LogP contribution in [0.3, 0.4) is 0 Å². The Balaban J connectivity index is 2.09. The van der Waals surface area contributed by atoms with Gasteiger partial charge in [0.05, 0.1) is 29.3 Å². The van der Waals surface area contributed by atoms with E-state index in [1.807, 2.05) is 49.5 Å². The lowest BCUT2D eigenvalue weighted by Crippen LogP contribution is -2.32. The highest BCUT2D eigenvalue weighted by Gasteiger charge is 2.18. The molecule has 2 aromatic heterocycles. The van der Waals surface area contributed by atoms with Gasteiger partial charge >= 0.3 is 6.03 Å². The van der Waals surface area contributed by atoms with E-state index >= 15 is 0 Å². The van der Waals surface area contributed by atoms with Gasteiger partial charge in [0.2, 0.25) is 0 Å². The number of urea groups is 1. The molecule has 0 unspecified atom stereocenters. The first-order chi connectivity index (χ1) is 11.4. The number of hydrogen-bond acceptors (Lipinski definition) is 3. The lowest BCUT2D eigenvalue weighted by molar-refractivity contribution is 0.248. The molecule has 1 atom stereocenters. The second kappa shape index (κ2) is 7.51. The molecule has 0 fully saturated rings. The summed E-state index contributed by atoms with van der Waals surface area (Å²) in [4.78, 5) is 12.4. The first-order valence-corrected chi connectivity index (χ1v) is 8.52. The minimum atomic E-state index is -0.222. The maximum atomic E-state index is 12.4. The van der Waals surface area contributed by atoms with Crippen LogP contribution in [0.4, 0.5) is 10.5 Å². The molecule has 0 saturated carbocycles. The van der Waals surface area contributed by atoms with Crippen molar-refractivity contribution in [3.05, 3.63) is 29.3 Å². The van der Waals surface area contributed by atoms with Gasteiger partial charge in [-0.2, -0.15) is 10.2 Å². The van der Waals surface area contributed by atoms with Crippen LogP contribution in [-0.4, -0.2) is 25.6 Å². The molecule has 132 valence electrons. The van der Waals surface area contributed by atoms with Crippen molar-refractivity contribution in [1.29, 1.82) is 0 Å². The first kappa shape index (κ1) is 18.0. The number of rotatable bonds is 6. The lowest BCUT2D eigenvalue weighted by atomic mass is 10.1. The number of amides is 2. The molecule has 0 aliphatic heterocycles. The summed E-state index contributed by atoms with van der Waals surface area (Å²) in [7, 11) is 0. The number of aryl methyl sites for hydroxylation is 2. The number of anilines is 1. The van der Waals surface area contributed by atoms with Crippen LogP contribution in [-0.2, 0) is 6.54 Å². The van der Waals surface area contributed by atoms with Gasteiger partial charge < -0.3 is 10.6 Å². The van der Waals surface area contributed by atoms with Gasteiger partial charge in [-0.15, -0.1) is 0 Å². The smallest absolute Gasteiger partial charge is 0.319 e. The summed E-state index contributed by atoms with van der Waals surface area (Å²) in [6, 6.07) is -0.0303. The van der Waals surface area contributed by atoms with Crippen LogP contribution in [0.15, 0.2) is 12.4 Å². The molecule has 0 bridgehead atoms. The predicted octanol–water partition coefficient (Wildman–Crippen LogP) is 3.57. The van der Waals surface area contributed by atoms with Gasteiger partial charge in [-0.1, -0.05) is 6.92 Å². The van der Waals surface area contributed by atoms with Crippen LogP contribution in [0.2, 0.25) is 0 Å². The number of hydrogen-bond donors (Lipinski definition) is 2. The highest BCUT2D eigenvalue weighted by molar-refractivity contribution is 5.90. The Hall–Kier alpha value is -2.31. The summed E-state index contributed by atoms with van der Waals surface area (Å²) < 4.78 is 3.78. The van der Waals surface area contributed by atoms with E-state index in [1.165, 1.54) is 0 Å². The first-order valence-electron chi connectivity index (χ1n) is 8.52. The number of nitrogens with zero attached hydrogens (tertiary/aromatic N) is 4. The van der Waals surface area contributed by atoms with Crippen molar-refractivity contribution in [2.24, 2.45) is 0 Å². The van der Waals surface area contributed by atoms with Gasteiger partial charge in [0.15, 0.2) is 0 Å². The molecule has 2 heterocycles. The Kier molecular flexibility index (Phi) is 5.64. The van der Waals surface area contributed by atoms with Gasteiger partial charge in [0.1, 0.15) is 0 Å². The molecule has 0 aromatic carbocycles. The van der Waals surface area contributed by atoms with E-state index in [9.17, 15) is 4.79 Å². The maximum absolute atomic E-state index is 12.4. The number of carbonyl (C=O) groups is 1. The summed E-state index contributed by atoms with van der Waals surface area (Å²) in [5.41, 5.74) is 3.58. The van der Waals surface area contributed by atoms with Crippen LogP contribution < -0.4 is 10.6 Å². The van der Waals surface area contributed by atoms with Crippen molar-refractivity contribution in [2.45, 2.75) is 66.6 Å². The van der Waals surface area contributed by atoms with E-state index in [0.29, 0.717) is 0 Å². The molecule has 24 heavy (non-hydrogen) atoms. The fourth-order valence-electron chi connectivity index (χ4n) is 2.81. The summed E-state index contributed by atoms with van der Waals surface area (Å²) in [6.45, 7) is 12.9. The molecular formula is C17H28N6O. The van der Waals surface area contributed by atoms with Gasteiger partial charge in [0.25, 0.3) is 0 Å².